The molecule has 2 aliphatic carbocycles. The molecule has 276 valence electrons. The van der Waals surface area contributed by atoms with Crippen molar-refractivity contribution in [3.8, 4) is 11.5 Å². The topological polar surface area (TPSA) is 153 Å². The summed E-state index contributed by atoms with van der Waals surface area (Å²) in [5.41, 5.74) is -2.29. The molecule has 4 N–H and O–H groups in total. The second kappa shape index (κ2) is 13.5. The van der Waals surface area contributed by atoms with E-state index < -0.39 is 41.6 Å². The average Bonchev–Trinajstić information content (AvgIpc) is 3.20. The lowest BCUT2D eigenvalue weighted by Gasteiger charge is -2.57. The fourth-order valence-electron chi connectivity index (χ4n) is 10.0. The minimum absolute atomic E-state index is 0.00391. The minimum atomic E-state index is -1.36. The van der Waals surface area contributed by atoms with E-state index in [1.807, 2.05) is 38.1 Å². The van der Waals surface area contributed by atoms with Crippen LogP contribution in [0.15, 0.2) is 24.3 Å². The summed E-state index contributed by atoms with van der Waals surface area (Å²) in [4.78, 5) is 12.0. The second-order valence-electron chi connectivity index (χ2n) is 16.2. The van der Waals surface area contributed by atoms with Crippen LogP contribution >= 0.6 is 0 Å². The SMILES string of the molecule is CCOc1ccc(OC2O[C@@H]3O[C@@](C)(O)CCC4[C@H](C)CCC([C@H]2C)[C@]43O)cc1.C[C@@H]1CCC2[C@@H](C)C(=O)O[C@@H]3O[C@@](C)(O)CCC1[C@@]23O. The van der Waals surface area contributed by atoms with Crippen LogP contribution in [0.2, 0.25) is 0 Å². The van der Waals surface area contributed by atoms with Gasteiger partial charge in [0.2, 0.25) is 12.6 Å². The number of esters is 1. The number of hydrogen-bond acceptors (Lipinski definition) is 11. The van der Waals surface area contributed by atoms with Crippen molar-refractivity contribution in [1.82, 2.24) is 0 Å². The highest BCUT2D eigenvalue weighted by Gasteiger charge is 2.65. The Kier molecular flexibility index (Phi) is 10.2. The molecule has 6 fully saturated rings. The van der Waals surface area contributed by atoms with Gasteiger partial charge in [0.15, 0.2) is 17.9 Å². The van der Waals surface area contributed by atoms with Gasteiger partial charge in [-0.15, -0.1) is 0 Å². The Hall–Kier alpha value is -1.99. The van der Waals surface area contributed by atoms with Gasteiger partial charge in [-0.2, -0.15) is 0 Å². The van der Waals surface area contributed by atoms with E-state index in [4.69, 9.17) is 28.4 Å². The molecule has 0 amide bonds. The van der Waals surface area contributed by atoms with Crippen molar-refractivity contribution in [3.63, 3.8) is 0 Å². The Morgan fingerprint density at radius 3 is 1.80 bits per heavy atom. The van der Waals surface area contributed by atoms with Crippen LogP contribution in [0.1, 0.15) is 99.8 Å². The van der Waals surface area contributed by atoms with Crippen LogP contribution in [0, 0.1) is 47.3 Å². The lowest BCUT2D eigenvalue weighted by atomic mass is 9.58. The molecule has 49 heavy (non-hydrogen) atoms. The quantitative estimate of drug-likeness (QED) is 0.312. The molecule has 15 atom stereocenters. The highest BCUT2D eigenvalue weighted by atomic mass is 16.8. The Labute approximate surface area is 290 Å². The maximum absolute atomic E-state index is 12.0. The van der Waals surface area contributed by atoms with Crippen molar-refractivity contribution >= 4 is 5.97 Å². The van der Waals surface area contributed by atoms with Gasteiger partial charge in [-0.25, -0.2) is 0 Å². The molecular formula is C38H58O11. The van der Waals surface area contributed by atoms with E-state index in [2.05, 4.69) is 20.8 Å². The van der Waals surface area contributed by atoms with Crippen molar-refractivity contribution in [2.75, 3.05) is 6.61 Å². The molecule has 2 saturated carbocycles. The van der Waals surface area contributed by atoms with E-state index in [1.54, 1.807) is 13.8 Å². The molecule has 0 spiro atoms. The fourth-order valence-corrected chi connectivity index (χ4v) is 10.0. The first-order valence-corrected chi connectivity index (χ1v) is 18.5. The molecule has 5 unspecified atom stereocenters. The summed E-state index contributed by atoms with van der Waals surface area (Å²) < 4.78 is 34.7. The van der Waals surface area contributed by atoms with Gasteiger partial charge in [0.05, 0.1) is 12.5 Å². The molecule has 7 rings (SSSR count). The third-order valence-corrected chi connectivity index (χ3v) is 12.8. The molecule has 6 aliphatic rings. The summed E-state index contributed by atoms with van der Waals surface area (Å²) in [7, 11) is 0. The number of aliphatic hydroxyl groups is 4. The number of carbonyl (C=O) groups is 1. The van der Waals surface area contributed by atoms with Gasteiger partial charge in [0, 0.05) is 30.6 Å². The average molecular weight is 691 g/mol. The predicted octanol–water partition coefficient (Wildman–Crippen LogP) is 5.11. The van der Waals surface area contributed by atoms with E-state index in [0.717, 1.165) is 37.9 Å². The lowest BCUT2D eigenvalue weighted by molar-refractivity contribution is -0.398. The van der Waals surface area contributed by atoms with Crippen molar-refractivity contribution in [2.24, 2.45) is 47.3 Å². The summed E-state index contributed by atoms with van der Waals surface area (Å²) in [6, 6.07) is 7.46. The summed E-state index contributed by atoms with van der Waals surface area (Å²) in [6.07, 6.45) is 3.52. The van der Waals surface area contributed by atoms with Gasteiger partial charge in [-0.3, -0.25) is 4.79 Å². The normalized spacial score (nSPS) is 49.0. The zero-order valence-electron chi connectivity index (χ0n) is 30.2. The Balaban J connectivity index is 0.000000182. The van der Waals surface area contributed by atoms with Crippen LogP contribution in [0.4, 0.5) is 0 Å². The summed E-state index contributed by atoms with van der Waals surface area (Å²) in [6.45, 7) is 14.0. The molecule has 4 aliphatic heterocycles. The Morgan fingerprint density at radius 1 is 0.714 bits per heavy atom. The van der Waals surface area contributed by atoms with E-state index in [1.165, 1.54) is 0 Å². The van der Waals surface area contributed by atoms with Crippen LogP contribution < -0.4 is 9.47 Å². The van der Waals surface area contributed by atoms with Gasteiger partial charge < -0.3 is 48.8 Å². The Morgan fingerprint density at radius 2 is 1.22 bits per heavy atom. The number of rotatable bonds is 4. The zero-order chi connectivity index (χ0) is 35.5. The summed E-state index contributed by atoms with van der Waals surface area (Å²) in [5, 5.41) is 44.1. The molecule has 11 nitrogen and oxygen atoms in total. The first-order chi connectivity index (χ1) is 23.0. The smallest absolute Gasteiger partial charge is 0.311 e. The fraction of sp³-hybridized carbons (Fsp3) is 0.816. The molecular weight excluding hydrogens is 632 g/mol. The van der Waals surface area contributed by atoms with E-state index in [0.29, 0.717) is 43.5 Å². The summed E-state index contributed by atoms with van der Waals surface area (Å²) in [5.74, 6) is -1.32. The van der Waals surface area contributed by atoms with Crippen LogP contribution in [-0.2, 0) is 23.7 Å². The number of benzene rings is 1. The second-order valence-corrected chi connectivity index (χ2v) is 16.2. The van der Waals surface area contributed by atoms with Gasteiger partial charge in [-0.05, 0) is 107 Å². The van der Waals surface area contributed by atoms with Crippen molar-refractivity contribution in [3.05, 3.63) is 24.3 Å². The lowest BCUT2D eigenvalue weighted by Crippen LogP contribution is -2.67. The van der Waals surface area contributed by atoms with E-state index in [9.17, 15) is 25.2 Å². The van der Waals surface area contributed by atoms with Gasteiger partial charge in [-0.1, -0.05) is 27.7 Å². The first kappa shape index (κ1) is 36.8. The van der Waals surface area contributed by atoms with E-state index in [-0.39, 0.29) is 41.5 Å². The number of ether oxygens (including phenoxy) is 6. The van der Waals surface area contributed by atoms with Gasteiger partial charge >= 0.3 is 5.97 Å². The highest BCUT2D eigenvalue weighted by Crippen LogP contribution is 2.57. The zero-order valence-corrected chi connectivity index (χ0v) is 30.2. The van der Waals surface area contributed by atoms with Crippen LogP contribution in [0.5, 0.6) is 11.5 Å². The molecule has 0 aromatic heterocycles. The molecule has 1 aromatic rings. The Bertz CT molecular complexity index is 1320. The number of carbonyl (C=O) groups excluding carboxylic acids is 1. The van der Waals surface area contributed by atoms with Gasteiger partial charge in [0.1, 0.15) is 22.7 Å². The third kappa shape index (κ3) is 6.74. The molecule has 4 saturated heterocycles. The first-order valence-electron chi connectivity index (χ1n) is 18.5. The van der Waals surface area contributed by atoms with Crippen molar-refractivity contribution < 1.29 is 53.6 Å². The van der Waals surface area contributed by atoms with E-state index >= 15 is 0 Å². The third-order valence-electron chi connectivity index (χ3n) is 12.8. The maximum Gasteiger partial charge on any atom is 0.311 e. The molecule has 4 heterocycles. The molecule has 0 radical (unpaired) electrons. The van der Waals surface area contributed by atoms with Crippen LogP contribution in [0.25, 0.3) is 0 Å². The highest BCUT2D eigenvalue weighted by molar-refractivity contribution is 5.74. The van der Waals surface area contributed by atoms with Crippen molar-refractivity contribution in [1.29, 1.82) is 0 Å². The summed E-state index contributed by atoms with van der Waals surface area (Å²) >= 11 is 0. The molecule has 1 aromatic carbocycles. The standard InChI is InChI=1S/C23H34O6.C15H24O5/c1-5-26-16-7-9-17(10-8-16)27-20-15(3)19-11-6-14(2)18-12-13-22(4,24)29-21(28-20)23(18,19)25;1-8-4-5-11-9(2)12(16)19-13-15(11,18)10(8)6-7-14(3,17)20-13/h7-10,14-15,18-21,24-25H,5-6,11-13H2,1-4H3;8-11,13,17-18H,4-7H2,1-3H3/t14-,15-,18?,19?,20?,21-,22-,23-;8-,9-,10?,11?,13-,14-,15-/m11/s1. The number of hydrogen-bond donors (Lipinski definition) is 4. The van der Waals surface area contributed by atoms with Gasteiger partial charge in [0.25, 0.3) is 0 Å². The predicted molar refractivity (Wildman–Crippen MR) is 178 cm³/mol. The minimum Gasteiger partial charge on any atom is -0.494 e. The van der Waals surface area contributed by atoms with Crippen molar-refractivity contribution in [2.45, 2.75) is 141 Å². The molecule has 11 heteroatoms. The monoisotopic (exact) mass is 690 g/mol. The maximum atomic E-state index is 12.0. The van der Waals surface area contributed by atoms with Crippen LogP contribution in [-0.4, -0.2) is 74.6 Å². The molecule has 0 bridgehead atoms. The largest absolute Gasteiger partial charge is 0.494 e. The van der Waals surface area contributed by atoms with Crippen LogP contribution in [0.3, 0.4) is 0 Å².